The van der Waals surface area contributed by atoms with Gasteiger partial charge in [-0.1, -0.05) is 28.9 Å². The normalized spacial score (nSPS) is 18.9. The first-order chi connectivity index (χ1) is 16.9. The number of allylic oxidation sites excluding steroid dienone is 1. The van der Waals surface area contributed by atoms with E-state index in [4.69, 9.17) is 14.0 Å². The summed E-state index contributed by atoms with van der Waals surface area (Å²) in [5, 5.41) is 4.00. The summed E-state index contributed by atoms with van der Waals surface area (Å²) in [5.74, 6) is 1.37. The van der Waals surface area contributed by atoms with Crippen LogP contribution in [0.1, 0.15) is 54.7 Å². The van der Waals surface area contributed by atoms with E-state index in [1.54, 1.807) is 16.9 Å². The smallest absolute Gasteiger partial charge is 0.242 e. The van der Waals surface area contributed by atoms with Gasteiger partial charge in [-0.25, -0.2) is 0 Å². The number of carbonyl (C=O) groups is 2. The number of rotatable bonds is 8. The van der Waals surface area contributed by atoms with Gasteiger partial charge in [0.25, 0.3) is 0 Å². The predicted molar refractivity (Wildman–Crippen MR) is 131 cm³/mol. The van der Waals surface area contributed by atoms with E-state index in [0.717, 1.165) is 47.6 Å². The number of hydrogen-bond donors (Lipinski definition) is 0. The molecule has 2 heterocycles. The van der Waals surface area contributed by atoms with E-state index < -0.39 is 0 Å². The highest BCUT2D eigenvalue weighted by atomic mass is 16.5. The molecular weight excluding hydrogens is 446 g/mol. The molecule has 0 bridgehead atoms. The number of methoxy groups -OCH3 is 1. The maximum absolute atomic E-state index is 13.3. The van der Waals surface area contributed by atoms with Crippen molar-refractivity contribution in [1.29, 1.82) is 0 Å². The van der Waals surface area contributed by atoms with Crippen LogP contribution >= 0.6 is 0 Å². The van der Waals surface area contributed by atoms with Crippen LogP contribution in [0.5, 0.6) is 5.75 Å². The van der Waals surface area contributed by atoms with E-state index >= 15 is 0 Å². The Hall–Kier alpha value is -3.13. The van der Waals surface area contributed by atoms with Crippen molar-refractivity contribution in [3.05, 3.63) is 58.5 Å². The van der Waals surface area contributed by atoms with Crippen molar-refractivity contribution in [3.63, 3.8) is 0 Å². The summed E-state index contributed by atoms with van der Waals surface area (Å²) in [7, 11) is 1.63. The molecule has 1 aliphatic heterocycles. The number of aryl methyl sites for hydroxylation is 2. The minimum atomic E-state index is -0.329. The lowest BCUT2D eigenvalue weighted by Crippen LogP contribution is -2.39. The lowest BCUT2D eigenvalue weighted by Gasteiger charge is -2.25. The maximum Gasteiger partial charge on any atom is 0.242 e. The number of aromatic nitrogens is 1. The van der Waals surface area contributed by atoms with Crippen molar-refractivity contribution in [1.82, 2.24) is 15.0 Å². The van der Waals surface area contributed by atoms with Crippen molar-refractivity contribution >= 4 is 11.8 Å². The molecule has 4 rings (SSSR count). The fourth-order valence-electron chi connectivity index (χ4n) is 4.70. The van der Waals surface area contributed by atoms with Gasteiger partial charge < -0.3 is 23.8 Å². The molecule has 1 atom stereocenters. The first-order valence-corrected chi connectivity index (χ1v) is 12.3. The summed E-state index contributed by atoms with van der Waals surface area (Å²) < 4.78 is 16.9. The summed E-state index contributed by atoms with van der Waals surface area (Å²) in [6.45, 7) is 5.31. The van der Waals surface area contributed by atoms with Crippen LogP contribution in [0.25, 0.3) is 0 Å². The third-order valence-electron chi connectivity index (χ3n) is 6.80. The zero-order valence-electron chi connectivity index (χ0n) is 20.9. The second-order valence-corrected chi connectivity index (χ2v) is 9.42. The molecule has 2 amide bonds. The number of benzene rings is 1. The summed E-state index contributed by atoms with van der Waals surface area (Å²) in [4.78, 5) is 29.9. The quantitative estimate of drug-likeness (QED) is 0.531. The third kappa shape index (κ3) is 6.51. The number of carbonyl (C=O) groups excluding carboxylic acids is 2. The van der Waals surface area contributed by atoms with Crippen LogP contribution in [0.4, 0.5) is 0 Å². The summed E-state index contributed by atoms with van der Waals surface area (Å²) in [6, 6.07) is 7.69. The average molecular weight is 482 g/mol. The highest BCUT2D eigenvalue weighted by Gasteiger charge is 2.31. The highest BCUT2D eigenvalue weighted by Crippen LogP contribution is 2.23. The molecule has 1 aromatic heterocycles. The molecule has 0 unspecified atom stereocenters. The monoisotopic (exact) mass is 481 g/mol. The number of ether oxygens (including phenoxy) is 2. The lowest BCUT2D eigenvalue weighted by molar-refractivity contribution is -0.138. The fourth-order valence-corrected chi connectivity index (χ4v) is 4.70. The van der Waals surface area contributed by atoms with Crippen LogP contribution in [0.3, 0.4) is 0 Å². The Labute approximate surface area is 206 Å². The van der Waals surface area contributed by atoms with E-state index in [1.165, 1.54) is 12.0 Å². The first-order valence-electron chi connectivity index (χ1n) is 12.3. The van der Waals surface area contributed by atoms with Gasteiger partial charge in [-0.05, 0) is 57.2 Å². The first kappa shape index (κ1) is 25.0. The number of hydrogen-bond acceptors (Lipinski definition) is 6. The van der Waals surface area contributed by atoms with Crippen LogP contribution in [0, 0.1) is 13.8 Å². The van der Waals surface area contributed by atoms with Crippen molar-refractivity contribution in [2.75, 3.05) is 26.7 Å². The summed E-state index contributed by atoms with van der Waals surface area (Å²) in [6.07, 6.45) is 6.51. The molecule has 0 radical (unpaired) electrons. The van der Waals surface area contributed by atoms with E-state index in [0.29, 0.717) is 32.7 Å². The van der Waals surface area contributed by atoms with Gasteiger partial charge in [0.05, 0.1) is 32.1 Å². The summed E-state index contributed by atoms with van der Waals surface area (Å²) in [5.41, 5.74) is 3.84. The summed E-state index contributed by atoms with van der Waals surface area (Å²) >= 11 is 0. The van der Waals surface area contributed by atoms with E-state index in [9.17, 15) is 9.59 Å². The molecule has 0 N–H and O–H groups in total. The molecule has 0 spiro atoms. The van der Waals surface area contributed by atoms with Crippen LogP contribution in [-0.2, 0) is 27.5 Å². The van der Waals surface area contributed by atoms with Crippen molar-refractivity contribution < 1.29 is 23.6 Å². The molecule has 2 aliphatic rings. The largest absolute Gasteiger partial charge is 0.497 e. The Bertz CT molecular complexity index is 1060. The zero-order chi connectivity index (χ0) is 24.8. The van der Waals surface area contributed by atoms with Gasteiger partial charge in [0.2, 0.25) is 11.8 Å². The number of amides is 2. The predicted octanol–water partition coefficient (Wildman–Crippen LogP) is 3.95. The molecule has 1 saturated heterocycles. The molecule has 2 aromatic rings. The maximum atomic E-state index is 13.3. The van der Waals surface area contributed by atoms with E-state index in [2.05, 4.69) is 11.2 Å². The Morgan fingerprint density at radius 1 is 1.23 bits per heavy atom. The molecule has 1 aromatic carbocycles. The average Bonchev–Trinajstić information content (AvgIpc) is 3.09. The molecule has 1 fully saturated rings. The molecule has 8 heteroatoms. The van der Waals surface area contributed by atoms with Gasteiger partial charge in [0.1, 0.15) is 11.5 Å². The fraction of sp³-hybridized carbons (Fsp3) is 0.519. The minimum Gasteiger partial charge on any atom is -0.497 e. The topological polar surface area (TPSA) is 85.1 Å². The van der Waals surface area contributed by atoms with Crippen LogP contribution in [0.2, 0.25) is 0 Å². The molecular formula is C27H35N3O5. The van der Waals surface area contributed by atoms with Gasteiger partial charge in [-0.3, -0.25) is 9.59 Å². The standard InChI is InChI=1S/C27H35N3O5/c1-19-25(20(2)35-28-19)18-34-24-15-29(14-22-10-7-11-23(12-22)33-3)27(32)17-30(16-24)26(31)13-21-8-5-4-6-9-21/h7-8,10-12,24H,4-6,9,13-18H2,1-3H3/t24-/m0/s1. The van der Waals surface area contributed by atoms with Crippen LogP contribution < -0.4 is 4.74 Å². The zero-order valence-corrected chi connectivity index (χ0v) is 20.9. The van der Waals surface area contributed by atoms with Crippen molar-refractivity contribution in [2.45, 2.75) is 65.2 Å². The number of nitrogens with zero attached hydrogens (tertiary/aromatic N) is 3. The van der Waals surface area contributed by atoms with Gasteiger partial charge in [0, 0.05) is 31.6 Å². The molecule has 35 heavy (non-hydrogen) atoms. The van der Waals surface area contributed by atoms with Crippen LogP contribution in [0.15, 0.2) is 40.4 Å². The molecule has 0 saturated carbocycles. The molecule has 188 valence electrons. The van der Waals surface area contributed by atoms with Gasteiger partial charge >= 0.3 is 0 Å². The second-order valence-electron chi connectivity index (χ2n) is 9.42. The Kier molecular flexibility index (Phi) is 8.23. The Morgan fingerprint density at radius 3 is 2.80 bits per heavy atom. The van der Waals surface area contributed by atoms with Crippen molar-refractivity contribution in [2.24, 2.45) is 0 Å². The SMILES string of the molecule is COc1cccc(CN2C[C@H](OCc3c(C)noc3C)CN(C(=O)CC3=CCCCC3)CC2=O)c1. The lowest BCUT2D eigenvalue weighted by atomic mass is 9.97. The second kappa shape index (κ2) is 11.5. The minimum absolute atomic E-state index is 0.0133. The Balaban J connectivity index is 1.50. The highest BCUT2D eigenvalue weighted by molar-refractivity contribution is 5.86. The van der Waals surface area contributed by atoms with Gasteiger partial charge in [-0.15, -0.1) is 0 Å². The van der Waals surface area contributed by atoms with Gasteiger partial charge in [0.15, 0.2) is 0 Å². The van der Waals surface area contributed by atoms with E-state index in [-0.39, 0.29) is 24.5 Å². The van der Waals surface area contributed by atoms with Crippen LogP contribution in [-0.4, -0.2) is 59.6 Å². The molecule has 8 nitrogen and oxygen atoms in total. The Morgan fingerprint density at radius 2 is 2.09 bits per heavy atom. The third-order valence-corrected chi connectivity index (χ3v) is 6.80. The van der Waals surface area contributed by atoms with Crippen molar-refractivity contribution in [3.8, 4) is 5.75 Å². The van der Waals surface area contributed by atoms with E-state index in [1.807, 2.05) is 38.1 Å². The van der Waals surface area contributed by atoms with Gasteiger partial charge in [-0.2, -0.15) is 0 Å². The molecule has 1 aliphatic carbocycles.